The van der Waals surface area contributed by atoms with Gasteiger partial charge in [-0.3, -0.25) is 4.79 Å². The molecule has 1 amide bonds. The first-order valence-corrected chi connectivity index (χ1v) is 4.92. The van der Waals surface area contributed by atoms with E-state index in [2.05, 4.69) is 5.32 Å². The maximum absolute atomic E-state index is 11.4. The van der Waals surface area contributed by atoms with Gasteiger partial charge in [0.15, 0.2) is 0 Å². The Hall–Kier alpha value is -1.26. The molecule has 1 atom stereocenters. The van der Waals surface area contributed by atoms with Crippen molar-refractivity contribution in [1.29, 1.82) is 0 Å². The first-order valence-electron chi connectivity index (χ1n) is 4.92. The third-order valence-corrected chi connectivity index (χ3v) is 2.69. The van der Waals surface area contributed by atoms with Crippen LogP contribution in [-0.2, 0) is 4.79 Å². The molecule has 5 heteroatoms. The van der Waals surface area contributed by atoms with Crippen LogP contribution in [0.3, 0.4) is 0 Å². The van der Waals surface area contributed by atoms with Crippen molar-refractivity contribution in [2.75, 3.05) is 19.0 Å². The predicted molar refractivity (Wildman–Crippen MR) is 65.3 cm³/mol. The summed E-state index contributed by atoms with van der Waals surface area (Å²) in [5, 5.41) is 2.82. The number of rotatable bonds is 2. The van der Waals surface area contributed by atoms with Crippen LogP contribution in [0.2, 0.25) is 0 Å². The van der Waals surface area contributed by atoms with E-state index in [1.54, 1.807) is 7.11 Å². The second-order valence-corrected chi connectivity index (χ2v) is 3.64. The molecule has 0 aromatic heterocycles. The van der Waals surface area contributed by atoms with Gasteiger partial charge in [-0.15, -0.1) is 12.4 Å². The summed E-state index contributed by atoms with van der Waals surface area (Å²) in [6.45, 7) is 0.493. The summed E-state index contributed by atoms with van der Waals surface area (Å²) in [5.41, 5.74) is 7.56. The second kappa shape index (κ2) is 5.18. The van der Waals surface area contributed by atoms with Gasteiger partial charge < -0.3 is 15.8 Å². The minimum atomic E-state index is 0. The number of methoxy groups -OCH3 is 1. The highest BCUT2D eigenvalue weighted by Gasteiger charge is 2.24. The van der Waals surface area contributed by atoms with Crippen molar-refractivity contribution in [3.63, 3.8) is 0 Å². The molecule has 0 saturated carbocycles. The highest BCUT2D eigenvalue weighted by Crippen LogP contribution is 2.33. The summed E-state index contributed by atoms with van der Waals surface area (Å²) in [6, 6.07) is 5.68. The molecule has 16 heavy (non-hydrogen) atoms. The van der Waals surface area contributed by atoms with Gasteiger partial charge in [-0.2, -0.15) is 0 Å². The highest BCUT2D eigenvalue weighted by molar-refractivity contribution is 5.95. The van der Waals surface area contributed by atoms with Gasteiger partial charge in [-0.05, 0) is 18.2 Å². The van der Waals surface area contributed by atoms with E-state index in [4.69, 9.17) is 10.5 Å². The first kappa shape index (κ1) is 12.8. The fourth-order valence-electron chi connectivity index (χ4n) is 1.87. The Morgan fingerprint density at radius 1 is 1.56 bits per heavy atom. The molecule has 1 aliphatic heterocycles. The lowest BCUT2D eigenvalue weighted by molar-refractivity contribution is -0.116. The molecular weight excluding hydrogens is 228 g/mol. The molecular formula is C11H15ClN2O2. The first-order chi connectivity index (χ1) is 7.24. The number of amides is 1. The monoisotopic (exact) mass is 242 g/mol. The number of nitrogens with one attached hydrogen (secondary N) is 1. The molecule has 0 fully saturated rings. The fourth-order valence-corrected chi connectivity index (χ4v) is 1.87. The van der Waals surface area contributed by atoms with Crippen molar-refractivity contribution in [1.82, 2.24) is 0 Å². The standard InChI is InChI=1S/C11H14N2O2.ClH/c1-15-8-2-3-9-7(6-12)4-11(14)13-10(9)5-8;/h2-3,5,7H,4,6,12H2,1H3,(H,13,14);1H. The molecule has 1 aliphatic rings. The van der Waals surface area contributed by atoms with Crippen LogP contribution in [0, 0.1) is 0 Å². The third-order valence-electron chi connectivity index (χ3n) is 2.69. The van der Waals surface area contributed by atoms with Crippen molar-refractivity contribution >= 4 is 24.0 Å². The average molecular weight is 243 g/mol. The lowest BCUT2D eigenvalue weighted by atomic mass is 9.90. The van der Waals surface area contributed by atoms with Crippen molar-refractivity contribution in [2.24, 2.45) is 5.73 Å². The van der Waals surface area contributed by atoms with Gasteiger partial charge >= 0.3 is 0 Å². The van der Waals surface area contributed by atoms with E-state index in [9.17, 15) is 4.79 Å². The molecule has 0 bridgehead atoms. The normalized spacial score (nSPS) is 18.1. The molecule has 0 radical (unpaired) electrons. The summed E-state index contributed by atoms with van der Waals surface area (Å²) >= 11 is 0. The van der Waals surface area contributed by atoms with Crippen LogP contribution < -0.4 is 15.8 Å². The molecule has 2 rings (SSSR count). The van der Waals surface area contributed by atoms with E-state index in [1.807, 2.05) is 18.2 Å². The van der Waals surface area contributed by atoms with Crippen molar-refractivity contribution < 1.29 is 9.53 Å². The molecule has 1 aromatic rings. The number of hydrogen-bond donors (Lipinski definition) is 2. The smallest absolute Gasteiger partial charge is 0.225 e. The van der Waals surface area contributed by atoms with Gasteiger partial charge in [-0.25, -0.2) is 0 Å². The number of ether oxygens (including phenoxy) is 1. The lowest BCUT2D eigenvalue weighted by Crippen LogP contribution is -2.27. The molecule has 4 nitrogen and oxygen atoms in total. The number of hydrogen-bond acceptors (Lipinski definition) is 3. The zero-order chi connectivity index (χ0) is 10.8. The minimum Gasteiger partial charge on any atom is -0.497 e. The van der Waals surface area contributed by atoms with Gasteiger partial charge in [0.25, 0.3) is 0 Å². The predicted octanol–water partition coefficient (Wildman–Crippen LogP) is 1.50. The van der Waals surface area contributed by atoms with E-state index in [1.165, 1.54) is 0 Å². The number of carbonyl (C=O) groups excluding carboxylic acids is 1. The molecule has 3 N–H and O–H groups in total. The summed E-state index contributed by atoms with van der Waals surface area (Å²) < 4.78 is 5.10. The topological polar surface area (TPSA) is 64.3 Å². The van der Waals surface area contributed by atoms with Gasteiger partial charge in [0, 0.05) is 24.1 Å². The zero-order valence-corrected chi connectivity index (χ0v) is 9.84. The number of benzene rings is 1. The second-order valence-electron chi connectivity index (χ2n) is 3.64. The summed E-state index contributed by atoms with van der Waals surface area (Å²) in [6.07, 6.45) is 0.468. The summed E-state index contributed by atoms with van der Waals surface area (Å²) in [4.78, 5) is 11.4. The maximum atomic E-state index is 11.4. The Morgan fingerprint density at radius 3 is 2.94 bits per heavy atom. The Labute approximate surface area is 101 Å². The average Bonchev–Trinajstić information content (AvgIpc) is 2.26. The lowest BCUT2D eigenvalue weighted by Gasteiger charge is -2.24. The maximum Gasteiger partial charge on any atom is 0.225 e. The fraction of sp³-hybridized carbons (Fsp3) is 0.364. The largest absolute Gasteiger partial charge is 0.497 e. The zero-order valence-electron chi connectivity index (χ0n) is 9.03. The molecule has 0 aliphatic carbocycles. The van der Waals surface area contributed by atoms with Gasteiger partial charge in [0.05, 0.1) is 7.11 Å². The van der Waals surface area contributed by atoms with Gasteiger partial charge in [-0.1, -0.05) is 6.07 Å². The SMILES string of the molecule is COc1ccc2c(c1)NC(=O)CC2CN.Cl. The number of nitrogens with two attached hydrogens (primary N) is 1. The molecule has 1 heterocycles. The number of fused-ring (bicyclic) bond motifs is 1. The van der Waals surface area contributed by atoms with Crippen molar-refractivity contribution in [3.05, 3.63) is 23.8 Å². The number of carbonyl (C=O) groups is 1. The van der Waals surface area contributed by atoms with Gasteiger partial charge in [0.1, 0.15) is 5.75 Å². The Morgan fingerprint density at radius 2 is 2.31 bits per heavy atom. The van der Waals surface area contributed by atoms with E-state index in [-0.39, 0.29) is 24.2 Å². The van der Waals surface area contributed by atoms with Crippen LogP contribution in [0.5, 0.6) is 5.75 Å². The van der Waals surface area contributed by atoms with E-state index in [0.29, 0.717) is 13.0 Å². The Bertz CT molecular complexity index is 396. The third kappa shape index (κ3) is 2.28. The van der Waals surface area contributed by atoms with Crippen LogP contribution in [0.4, 0.5) is 5.69 Å². The highest BCUT2D eigenvalue weighted by atomic mass is 35.5. The molecule has 0 saturated heterocycles. The minimum absolute atomic E-state index is 0. The van der Waals surface area contributed by atoms with Crippen molar-refractivity contribution in [2.45, 2.75) is 12.3 Å². The van der Waals surface area contributed by atoms with Crippen LogP contribution >= 0.6 is 12.4 Å². The quantitative estimate of drug-likeness (QED) is 0.826. The Kier molecular flexibility index (Phi) is 4.15. The molecule has 1 aromatic carbocycles. The van der Waals surface area contributed by atoms with Crippen LogP contribution in [-0.4, -0.2) is 19.6 Å². The summed E-state index contributed by atoms with van der Waals surface area (Å²) in [7, 11) is 1.60. The van der Waals surface area contributed by atoms with E-state index < -0.39 is 0 Å². The van der Waals surface area contributed by atoms with E-state index >= 15 is 0 Å². The molecule has 88 valence electrons. The van der Waals surface area contributed by atoms with Crippen LogP contribution in [0.15, 0.2) is 18.2 Å². The van der Waals surface area contributed by atoms with Crippen LogP contribution in [0.1, 0.15) is 17.9 Å². The Balaban J connectivity index is 0.00000128. The number of anilines is 1. The molecule has 1 unspecified atom stereocenters. The van der Waals surface area contributed by atoms with E-state index in [0.717, 1.165) is 17.0 Å². The van der Waals surface area contributed by atoms with Crippen LogP contribution in [0.25, 0.3) is 0 Å². The number of halogens is 1. The summed E-state index contributed by atoms with van der Waals surface area (Å²) in [5.74, 6) is 0.887. The molecule has 0 spiro atoms. The van der Waals surface area contributed by atoms with Gasteiger partial charge in [0.2, 0.25) is 5.91 Å². The van der Waals surface area contributed by atoms with Crippen molar-refractivity contribution in [3.8, 4) is 5.75 Å².